The van der Waals surface area contributed by atoms with Crippen LogP contribution in [0.4, 0.5) is 6.01 Å². The van der Waals surface area contributed by atoms with Crippen LogP contribution in [-0.4, -0.2) is 29.2 Å². The number of carbonyl (C=O) groups excluding carboxylic acids is 1. The number of aromatic nitrogens is 2. The van der Waals surface area contributed by atoms with Crippen LogP contribution in [0.2, 0.25) is 0 Å². The molecule has 2 N–H and O–H groups in total. The maximum absolute atomic E-state index is 11.4. The van der Waals surface area contributed by atoms with Gasteiger partial charge in [-0.3, -0.25) is 10.1 Å². The second-order valence-electron chi connectivity index (χ2n) is 3.94. The Balaban J connectivity index is 1.76. The first-order valence-electron chi connectivity index (χ1n) is 5.63. The molecule has 0 aliphatic heterocycles. The fourth-order valence-electron chi connectivity index (χ4n) is 1.32. The van der Waals surface area contributed by atoms with Crippen molar-refractivity contribution in [2.24, 2.45) is 0 Å². The highest BCUT2D eigenvalue weighted by Crippen LogP contribution is 2.39. The van der Waals surface area contributed by atoms with Gasteiger partial charge in [-0.2, -0.15) is 0 Å². The third-order valence-corrected chi connectivity index (χ3v) is 2.33. The van der Waals surface area contributed by atoms with E-state index in [1.54, 1.807) is 0 Å². The van der Waals surface area contributed by atoms with Crippen molar-refractivity contribution in [3.05, 3.63) is 5.89 Å². The predicted octanol–water partition coefficient (Wildman–Crippen LogP) is 0.885. The summed E-state index contributed by atoms with van der Waals surface area (Å²) in [4.78, 5) is 11.4. The van der Waals surface area contributed by atoms with Gasteiger partial charge in [0.25, 0.3) is 0 Å². The minimum absolute atomic E-state index is 0.153. The Morgan fingerprint density at radius 2 is 2.31 bits per heavy atom. The van der Waals surface area contributed by atoms with Gasteiger partial charge in [-0.05, 0) is 25.8 Å². The van der Waals surface area contributed by atoms with Crippen molar-refractivity contribution >= 4 is 11.9 Å². The summed E-state index contributed by atoms with van der Waals surface area (Å²) in [5, 5.41) is 13.2. The maximum atomic E-state index is 11.4. The summed E-state index contributed by atoms with van der Waals surface area (Å²) in [6.45, 7) is 3.14. The van der Waals surface area contributed by atoms with Crippen LogP contribution >= 0.6 is 0 Å². The first kappa shape index (κ1) is 11.1. The van der Waals surface area contributed by atoms with Crippen LogP contribution in [0.25, 0.3) is 0 Å². The first-order valence-corrected chi connectivity index (χ1v) is 5.63. The third kappa shape index (κ3) is 3.03. The molecule has 6 nitrogen and oxygen atoms in total. The van der Waals surface area contributed by atoms with Gasteiger partial charge in [-0.15, -0.1) is 5.10 Å². The molecule has 1 aromatic heterocycles. The molecule has 0 unspecified atom stereocenters. The average Bonchev–Trinajstić information content (AvgIpc) is 3.01. The van der Waals surface area contributed by atoms with Crippen molar-refractivity contribution in [2.45, 2.75) is 32.1 Å². The van der Waals surface area contributed by atoms with E-state index in [1.807, 2.05) is 6.92 Å². The lowest BCUT2D eigenvalue weighted by atomic mass is 10.4. The Bertz CT molecular complexity index is 359. The summed E-state index contributed by atoms with van der Waals surface area (Å²) in [5.41, 5.74) is 0. The zero-order valence-corrected chi connectivity index (χ0v) is 9.32. The van der Waals surface area contributed by atoms with Crippen molar-refractivity contribution in [3.8, 4) is 0 Å². The molecule has 6 heteroatoms. The molecule has 2 rings (SSSR count). The Morgan fingerprint density at radius 1 is 1.50 bits per heavy atom. The van der Waals surface area contributed by atoms with Crippen molar-refractivity contribution in [1.82, 2.24) is 15.5 Å². The zero-order valence-electron chi connectivity index (χ0n) is 9.32. The van der Waals surface area contributed by atoms with Crippen molar-refractivity contribution < 1.29 is 9.21 Å². The van der Waals surface area contributed by atoms with Crippen molar-refractivity contribution in [1.29, 1.82) is 0 Å². The van der Waals surface area contributed by atoms with E-state index in [1.165, 1.54) is 0 Å². The highest BCUT2D eigenvalue weighted by atomic mass is 16.4. The van der Waals surface area contributed by atoms with Gasteiger partial charge >= 0.3 is 6.01 Å². The van der Waals surface area contributed by atoms with E-state index in [4.69, 9.17) is 4.42 Å². The molecular weight excluding hydrogens is 208 g/mol. The molecule has 1 aliphatic rings. The van der Waals surface area contributed by atoms with Crippen LogP contribution in [-0.2, 0) is 4.79 Å². The summed E-state index contributed by atoms with van der Waals surface area (Å²) in [6, 6.07) is 0.199. The van der Waals surface area contributed by atoms with Gasteiger partial charge in [0.2, 0.25) is 11.8 Å². The normalized spacial score (nSPS) is 15.1. The smallest absolute Gasteiger partial charge is 0.322 e. The minimum atomic E-state index is -0.153. The second-order valence-corrected chi connectivity index (χ2v) is 3.94. The highest BCUT2D eigenvalue weighted by molar-refractivity contribution is 5.90. The Morgan fingerprint density at radius 3 is 3.00 bits per heavy atom. The summed E-state index contributed by atoms with van der Waals surface area (Å²) >= 11 is 0. The fourth-order valence-corrected chi connectivity index (χ4v) is 1.32. The Kier molecular flexibility index (Phi) is 3.51. The van der Waals surface area contributed by atoms with E-state index in [2.05, 4.69) is 20.8 Å². The molecule has 0 aromatic carbocycles. The summed E-state index contributed by atoms with van der Waals surface area (Å²) in [5.74, 6) is 0.896. The third-order valence-electron chi connectivity index (χ3n) is 2.33. The van der Waals surface area contributed by atoms with Crippen molar-refractivity contribution in [3.63, 3.8) is 0 Å². The van der Waals surface area contributed by atoms with Crippen LogP contribution in [0, 0.1) is 0 Å². The number of carbonyl (C=O) groups is 1. The van der Waals surface area contributed by atoms with Gasteiger partial charge in [-0.25, -0.2) is 0 Å². The molecular formula is C10H16N4O2. The number of amides is 1. The van der Waals surface area contributed by atoms with Gasteiger partial charge < -0.3 is 9.73 Å². The summed E-state index contributed by atoms with van der Waals surface area (Å²) in [7, 11) is 0. The average molecular weight is 224 g/mol. The quantitative estimate of drug-likeness (QED) is 0.701. The highest BCUT2D eigenvalue weighted by Gasteiger charge is 2.29. The number of hydrogen-bond donors (Lipinski definition) is 2. The van der Waals surface area contributed by atoms with E-state index in [9.17, 15) is 4.79 Å². The number of nitrogens with one attached hydrogen (secondary N) is 2. The predicted molar refractivity (Wildman–Crippen MR) is 58.1 cm³/mol. The van der Waals surface area contributed by atoms with E-state index < -0.39 is 0 Å². The molecule has 1 aliphatic carbocycles. The zero-order chi connectivity index (χ0) is 11.4. The molecule has 0 bridgehead atoms. The molecule has 1 aromatic rings. The van der Waals surface area contributed by atoms with E-state index in [-0.39, 0.29) is 18.5 Å². The monoisotopic (exact) mass is 224 g/mol. The molecule has 88 valence electrons. The van der Waals surface area contributed by atoms with Crippen LogP contribution in [0.3, 0.4) is 0 Å². The molecule has 0 spiro atoms. The molecule has 1 saturated carbocycles. The van der Waals surface area contributed by atoms with Gasteiger partial charge in [-0.1, -0.05) is 12.0 Å². The lowest BCUT2D eigenvalue weighted by Crippen LogP contribution is -2.28. The number of anilines is 1. The van der Waals surface area contributed by atoms with E-state index in [0.717, 1.165) is 25.8 Å². The second kappa shape index (κ2) is 5.07. The molecule has 0 radical (unpaired) electrons. The van der Waals surface area contributed by atoms with Gasteiger partial charge in [0.1, 0.15) is 0 Å². The van der Waals surface area contributed by atoms with Crippen molar-refractivity contribution in [2.75, 3.05) is 18.4 Å². The summed E-state index contributed by atoms with van der Waals surface area (Å²) in [6.07, 6.45) is 3.21. The lowest BCUT2D eigenvalue weighted by Gasteiger charge is -2.01. The molecule has 16 heavy (non-hydrogen) atoms. The maximum Gasteiger partial charge on any atom is 0.322 e. The summed E-state index contributed by atoms with van der Waals surface area (Å²) < 4.78 is 5.30. The van der Waals surface area contributed by atoms with Crippen LogP contribution in [0.5, 0.6) is 0 Å². The Labute approximate surface area is 93.8 Å². The van der Waals surface area contributed by atoms with Gasteiger partial charge in [0, 0.05) is 5.92 Å². The number of hydrogen-bond acceptors (Lipinski definition) is 5. The van der Waals surface area contributed by atoms with Gasteiger partial charge in [0.05, 0.1) is 6.54 Å². The van der Waals surface area contributed by atoms with Crippen LogP contribution in [0.15, 0.2) is 4.42 Å². The first-order chi connectivity index (χ1) is 7.79. The van der Waals surface area contributed by atoms with Crippen LogP contribution < -0.4 is 10.6 Å². The van der Waals surface area contributed by atoms with Crippen LogP contribution in [0.1, 0.15) is 38.0 Å². The topological polar surface area (TPSA) is 80.0 Å². The number of rotatable bonds is 6. The molecule has 1 amide bonds. The Hall–Kier alpha value is -1.43. The molecule has 0 atom stereocenters. The van der Waals surface area contributed by atoms with Gasteiger partial charge in [0.15, 0.2) is 0 Å². The standard InChI is InChI=1S/C10H16N4O2/c1-2-5-11-6-8(15)12-10-14-13-9(16-10)7-3-4-7/h7,11H,2-6H2,1H3,(H,12,14,15). The molecule has 0 saturated heterocycles. The van der Waals surface area contributed by atoms with E-state index >= 15 is 0 Å². The molecule has 1 heterocycles. The van der Waals surface area contributed by atoms with E-state index in [0.29, 0.717) is 11.8 Å². The lowest BCUT2D eigenvalue weighted by molar-refractivity contribution is -0.115. The fraction of sp³-hybridized carbons (Fsp3) is 0.700. The SMILES string of the molecule is CCCNCC(=O)Nc1nnc(C2CC2)o1. The minimum Gasteiger partial charge on any atom is -0.408 e. The largest absolute Gasteiger partial charge is 0.408 e. The number of nitrogens with zero attached hydrogens (tertiary/aromatic N) is 2. The molecule has 1 fully saturated rings.